The van der Waals surface area contributed by atoms with Crippen LogP contribution < -0.4 is 4.57 Å². The van der Waals surface area contributed by atoms with Crippen LogP contribution in [0.3, 0.4) is 0 Å². The summed E-state index contributed by atoms with van der Waals surface area (Å²) in [5.74, 6) is 0.574. The zero-order valence-electron chi connectivity index (χ0n) is 22.4. The molecule has 1 aromatic heterocycles. The molecule has 0 saturated heterocycles. The molecule has 1 heteroatoms. The maximum atomic E-state index is 8.75. The highest BCUT2D eigenvalue weighted by molar-refractivity contribution is 5.94. The summed E-state index contributed by atoms with van der Waals surface area (Å²) in [7, 11) is 2.03. The Balaban J connectivity index is 2.42. The molecule has 31 heavy (non-hydrogen) atoms. The Morgan fingerprint density at radius 1 is 0.903 bits per heavy atom. The molecule has 0 aliphatic rings. The average molecular weight is 418 g/mol. The first-order valence-corrected chi connectivity index (χ1v) is 11.9. The number of hydrogen-bond acceptors (Lipinski definition) is 0. The molecule has 0 radical (unpaired) electrons. The minimum Gasteiger partial charge on any atom is -0.200 e. The van der Waals surface area contributed by atoms with Gasteiger partial charge in [-0.2, -0.15) is 0 Å². The molecule has 166 valence electrons. The summed E-state index contributed by atoms with van der Waals surface area (Å²) >= 11 is 0. The Kier molecular flexibility index (Phi) is 5.99. The van der Waals surface area contributed by atoms with Crippen molar-refractivity contribution in [1.82, 2.24) is 0 Å². The molecular formula is C30H42N+. The van der Waals surface area contributed by atoms with E-state index in [1.807, 2.05) is 13.1 Å². The molecule has 0 N–H and O–H groups in total. The van der Waals surface area contributed by atoms with Crippen LogP contribution in [-0.4, -0.2) is 0 Å². The summed E-state index contributed by atoms with van der Waals surface area (Å²) in [4.78, 5) is 0. The quantitative estimate of drug-likeness (QED) is 0.377. The van der Waals surface area contributed by atoms with E-state index in [1.165, 1.54) is 38.6 Å². The van der Waals surface area contributed by atoms with Gasteiger partial charge in [-0.05, 0) is 76.3 Å². The van der Waals surface area contributed by atoms with Crippen molar-refractivity contribution in [1.29, 1.82) is 0 Å². The molecule has 0 spiro atoms. The summed E-state index contributed by atoms with van der Waals surface area (Å²) in [6, 6.07) is 13.7. The van der Waals surface area contributed by atoms with Gasteiger partial charge in [0.1, 0.15) is 8.42 Å². The van der Waals surface area contributed by atoms with Crippen LogP contribution in [0, 0.1) is 6.92 Å². The van der Waals surface area contributed by atoms with E-state index in [1.54, 1.807) is 0 Å². The number of nitrogens with zero attached hydrogens (tertiary/aromatic N) is 1. The Morgan fingerprint density at radius 3 is 2.10 bits per heavy atom. The van der Waals surface area contributed by atoms with Gasteiger partial charge in [0.05, 0.1) is 10.9 Å². The van der Waals surface area contributed by atoms with Crippen LogP contribution in [0.4, 0.5) is 0 Å². The molecule has 1 nitrogen and oxygen atoms in total. The van der Waals surface area contributed by atoms with Crippen LogP contribution in [-0.2, 0) is 17.9 Å². The highest BCUT2D eigenvalue weighted by Gasteiger charge is 2.27. The Labute approximate surface area is 191 Å². The third-order valence-corrected chi connectivity index (χ3v) is 6.87. The van der Waals surface area contributed by atoms with Crippen molar-refractivity contribution in [3.63, 3.8) is 0 Å². The number of pyridine rings is 1. The van der Waals surface area contributed by atoms with Crippen molar-refractivity contribution >= 4 is 10.8 Å². The van der Waals surface area contributed by atoms with E-state index in [4.69, 9.17) is 1.37 Å². The number of hydrogen-bond donors (Lipinski definition) is 0. The van der Waals surface area contributed by atoms with Crippen molar-refractivity contribution in [2.45, 2.75) is 91.9 Å². The number of rotatable bonds is 4. The molecule has 0 fully saturated rings. The number of aromatic nitrogens is 1. The lowest BCUT2D eigenvalue weighted by molar-refractivity contribution is -0.659. The van der Waals surface area contributed by atoms with Crippen LogP contribution >= 0.6 is 0 Å². The predicted molar refractivity (Wildman–Crippen MR) is 136 cm³/mol. The summed E-state index contributed by atoms with van der Waals surface area (Å²) in [6.07, 6.45) is 2.84. The monoisotopic (exact) mass is 417 g/mol. The lowest BCUT2D eigenvalue weighted by Gasteiger charge is -2.28. The number of benzene rings is 2. The van der Waals surface area contributed by atoms with Gasteiger partial charge in [0, 0.05) is 6.07 Å². The average Bonchev–Trinajstić information content (AvgIpc) is 2.69. The van der Waals surface area contributed by atoms with E-state index >= 15 is 0 Å². The second kappa shape index (κ2) is 8.41. The molecule has 3 aromatic rings. The first-order chi connectivity index (χ1) is 14.8. The van der Waals surface area contributed by atoms with E-state index in [0.29, 0.717) is 12.1 Å². The lowest BCUT2D eigenvalue weighted by Crippen LogP contribution is -2.31. The van der Waals surface area contributed by atoms with E-state index in [0.717, 1.165) is 18.5 Å². The van der Waals surface area contributed by atoms with Crippen LogP contribution in [0.25, 0.3) is 22.0 Å². The summed E-state index contributed by atoms with van der Waals surface area (Å²) < 4.78 is 10.8. The topological polar surface area (TPSA) is 3.88 Å². The normalized spacial score (nSPS) is 13.2. The molecule has 3 rings (SSSR count). The van der Waals surface area contributed by atoms with Gasteiger partial charge in [-0.25, -0.2) is 4.57 Å². The predicted octanol–water partition coefficient (Wildman–Crippen LogP) is 8.14. The van der Waals surface area contributed by atoms with Crippen LogP contribution in [0.5, 0.6) is 0 Å². The minimum atomic E-state index is 0.0513. The highest BCUT2D eigenvalue weighted by Crippen LogP contribution is 2.39. The molecule has 0 unspecified atom stereocenters. The fourth-order valence-electron chi connectivity index (χ4n) is 4.84. The summed E-state index contributed by atoms with van der Waals surface area (Å²) in [6.45, 7) is 20.5. The lowest BCUT2D eigenvalue weighted by atomic mass is 9.76. The van der Waals surface area contributed by atoms with Crippen LogP contribution in [0.15, 0.2) is 42.6 Å². The zero-order chi connectivity index (χ0) is 24.0. The molecule has 0 aliphatic heterocycles. The van der Waals surface area contributed by atoms with Gasteiger partial charge in [-0.1, -0.05) is 73.6 Å². The number of fused-ring (bicyclic) bond motifs is 1. The summed E-state index contributed by atoms with van der Waals surface area (Å²) in [5.41, 5.74) is 7.94. The maximum Gasteiger partial charge on any atom is 0.220 e. The van der Waals surface area contributed by atoms with Crippen molar-refractivity contribution < 1.29 is 5.94 Å². The second-order valence-corrected chi connectivity index (χ2v) is 11.2. The van der Waals surface area contributed by atoms with Crippen LogP contribution in [0.1, 0.15) is 97.8 Å². The van der Waals surface area contributed by atoms with Crippen LogP contribution in [0.2, 0.25) is 0 Å². The largest absolute Gasteiger partial charge is 0.220 e. The molecule has 1 heterocycles. The maximum absolute atomic E-state index is 8.75. The SMILES string of the molecule is [2H]c1cc2cc(C(CC)CC)ccc2c(-c2cc(C(C)(C)C)cc(C(C)(C)C)c2C)[n+]1C. The molecule has 0 bridgehead atoms. The first-order valence-electron chi connectivity index (χ1n) is 12.4. The zero-order valence-corrected chi connectivity index (χ0v) is 21.4. The van der Waals surface area contributed by atoms with Gasteiger partial charge in [0.2, 0.25) is 5.69 Å². The van der Waals surface area contributed by atoms with Gasteiger partial charge in [-0.15, -0.1) is 0 Å². The fourth-order valence-corrected chi connectivity index (χ4v) is 4.84. The van der Waals surface area contributed by atoms with Crippen molar-refractivity contribution in [2.75, 3.05) is 0 Å². The standard InChI is InChI=1S/C30H42N/c1-11-21(12-2)22-13-14-25-23(17-22)15-16-31(10)28(25)26-18-24(29(4,5)6)19-27(20(26)3)30(7,8)9/h13-19,21H,11-12H2,1-10H3/q+1/i16D. The third kappa shape index (κ3) is 4.56. The van der Waals surface area contributed by atoms with Crippen molar-refractivity contribution in [3.8, 4) is 11.3 Å². The molecule has 0 saturated carbocycles. The van der Waals surface area contributed by atoms with Gasteiger partial charge >= 0.3 is 0 Å². The van der Waals surface area contributed by atoms with Gasteiger partial charge in [-0.3, -0.25) is 0 Å². The Bertz CT molecular complexity index is 1140. The molecular weight excluding hydrogens is 374 g/mol. The van der Waals surface area contributed by atoms with Gasteiger partial charge < -0.3 is 0 Å². The highest BCUT2D eigenvalue weighted by atomic mass is 14.9. The molecule has 0 amide bonds. The second-order valence-electron chi connectivity index (χ2n) is 11.2. The first kappa shape index (κ1) is 22.1. The third-order valence-electron chi connectivity index (χ3n) is 6.87. The van der Waals surface area contributed by atoms with E-state index in [2.05, 4.69) is 97.2 Å². The minimum absolute atomic E-state index is 0.0513. The van der Waals surface area contributed by atoms with E-state index < -0.39 is 0 Å². The Morgan fingerprint density at radius 2 is 1.55 bits per heavy atom. The fraction of sp³-hybridized carbons (Fsp3) is 0.500. The van der Waals surface area contributed by atoms with Gasteiger partial charge in [0.15, 0.2) is 6.17 Å². The summed E-state index contributed by atoms with van der Waals surface area (Å²) in [5, 5.41) is 2.40. The molecule has 0 aliphatic carbocycles. The van der Waals surface area contributed by atoms with Crippen molar-refractivity contribution in [3.05, 3.63) is 64.8 Å². The smallest absolute Gasteiger partial charge is 0.200 e. The Hall–Kier alpha value is -2.15. The van der Waals surface area contributed by atoms with E-state index in [9.17, 15) is 0 Å². The molecule has 2 aromatic carbocycles. The molecule has 0 atom stereocenters. The van der Waals surface area contributed by atoms with Gasteiger partial charge in [0.25, 0.3) is 0 Å². The van der Waals surface area contributed by atoms with Crippen molar-refractivity contribution in [2.24, 2.45) is 7.05 Å². The van der Waals surface area contributed by atoms with E-state index in [-0.39, 0.29) is 10.8 Å².